The molecule has 0 radical (unpaired) electrons. The van der Waals surface area contributed by atoms with E-state index in [9.17, 15) is 14.4 Å². The summed E-state index contributed by atoms with van der Waals surface area (Å²) in [6.45, 7) is 1.29. The lowest BCUT2D eigenvalue weighted by atomic mass is 10.1. The summed E-state index contributed by atoms with van der Waals surface area (Å²) in [6, 6.07) is 18.9. The van der Waals surface area contributed by atoms with Gasteiger partial charge in [-0.05, 0) is 66.7 Å². The Morgan fingerprint density at radius 3 is 2.03 bits per heavy atom. The van der Waals surface area contributed by atoms with E-state index >= 15 is 0 Å². The van der Waals surface area contributed by atoms with E-state index in [-0.39, 0.29) is 5.91 Å². The molecule has 0 fully saturated rings. The van der Waals surface area contributed by atoms with Crippen molar-refractivity contribution in [1.82, 2.24) is 0 Å². The second-order valence-electron chi connectivity index (χ2n) is 6.41. The maximum atomic E-state index is 12.5. The lowest BCUT2D eigenvalue weighted by molar-refractivity contribution is -0.131. The molecule has 0 unspecified atom stereocenters. The number of nitrogens with zero attached hydrogens (tertiary/aromatic N) is 1. The van der Waals surface area contributed by atoms with Crippen molar-refractivity contribution in [3.63, 3.8) is 0 Å². The average molecular weight is 434 g/mol. The standard InChI is InChI=1S/C23H16ClN3O4/c1-14(28)31-19-9-6-17(7-10-19)22(29)26-18-8-11-20(24)21(12-18)27-23(30)16-4-2-15(13-25)3-5-16/h2-12H,1H3,(H,26,29)(H,27,30). The van der Waals surface area contributed by atoms with E-state index in [0.29, 0.717) is 38.8 Å². The highest BCUT2D eigenvalue weighted by atomic mass is 35.5. The third kappa shape index (κ3) is 5.69. The molecule has 0 spiro atoms. The topological polar surface area (TPSA) is 108 Å². The van der Waals surface area contributed by atoms with Crippen molar-refractivity contribution in [2.24, 2.45) is 0 Å². The number of rotatable bonds is 5. The zero-order chi connectivity index (χ0) is 22.4. The first-order valence-corrected chi connectivity index (χ1v) is 9.44. The number of amides is 2. The highest BCUT2D eigenvalue weighted by molar-refractivity contribution is 6.34. The summed E-state index contributed by atoms with van der Waals surface area (Å²) in [5.74, 6) is -0.908. The number of benzene rings is 3. The van der Waals surface area contributed by atoms with Crippen LogP contribution >= 0.6 is 11.6 Å². The molecule has 3 aromatic carbocycles. The molecule has 0 saturated carbocycles. The van der Waals surface area contributed by atoms with Gasteiger partial charge in [-0.25, -0.2) is 0 Å². The number of esters is 1. The van der Waals surface area contributed by atoms with Gasteiger partial charge in [0.15, 0.2) is 0 Å². The van der Waals surface area contributed by atoms with Crippen molar-refractivity contribution >= 4 is 40.8 Å². The van der Waals surface area contributed by atoms with Gasteiger partial charge in [-0.2, -0.15) is 5.26 Å². The Morgan fingerprint density at radius 1 is 0.871 bits per heavy atom. The second kappa shape index (κ2) is 9.57. The summed E-state index contributed by atoms with van der Waals surface area (Å²) in [5, 5.41) is 14.6. The van der Waals surface area contributed by atoms with Crippen molar-refractivity contribution in [1.29, 1.82) is 5.26 Å². The largest absolute Gasteiger partial charge is 0.427 e. The molecule has 154 valence electrons. The van der Waals surface area contributed by atoms with Crippen LogP contribution in [0.4, 0.5) is 11.4 Å². The third-order valence-corrected chi connectivity index (χ3v) is 4.46. The molecule has 2 N–H and O–H groups in total. The fourth-order valence-electron chi connectivity index (χ4n) is 2.63. The first-order chi connectivity index (χ1) is 14.9. The number of halogens is 1. The monoisotopic (exact) mass is 433 g/mol. The summed E-state index contributed by atoms with van der Waals surface area (Å²) < 4.78 is 4.94. The van der Waals surface area contributed by atoms with Crippen LogP contribution in [0.15, 0.2) is 66.7 Å². The zero-order valence-corrected chi connectivity index (χ0v) is 17.1. The number of nitriles is 1. The highest BCUT2D eigenvalue weighted by Gasteiger charge is 2.12. The Balaban J connectivity index is 1.71. The number of ether oxygens (including phenoxy) is 1. The molecule has 0 aliphatic rings. The van der Waals surface area contributed by atoms with Crippen LogP contribution < -0.4 is 15.4 Å². The normalized spacial score (nSPS) is 9.97. The van der Waals surface area contributed by atoms with Crippen LogP contribution in [0.1, 0.15) is 33.2 Å². The quantitative estimate of drug-likeness (QED) is 0.450. The molecule has 3 aromatic rings. The van der Waals surface area contributed by atoms with Crippen molar-refractivity contribution in [3.05, 3.63) is 88.4 Å². The van der Waals surface area contributed by atoms with Crippen molar-refractivity contribution in [2.75, 3.05) is 10.6 Å². The molecule has 0 aromatic heterocycles. The van der Waals surface area contributed by atoms with Crippen molar-refractivity contribution in [3.8, 4) is 11.8 Å². The van der Waals surface area contributed by atoms with Crippen LogP contribution in [-0.2, 0) is 4.79 Å². The fourth-order valence-corrected chi connectivity index (χ4v) is 2.80. The van der Waals surface area contributed by atoms with Crippen molar-refractivity contribution < 1.29 is 19.1 Å². The molecule has 31 heavy (non-hydrogen) atoms. The van der Waals surface area contributed by atoms with Gasteiger partial charge in [-0.15, -0.1) is 0 Å². The number of nitrogens with one attached hydrogen (secondary N) is 2. The van der Waals surface area contributed by atoms with Crippen LogP contribution in [0.5, 0.6) is 5.75 Å². The fraction of sp³-hybridized carbons (Fsp3) is 0.0435. The minimum atomic E-state index is -0.450. The number of hydrogen-bond acceptors (Lipinski definition) is 5. The lowest BCUT2D eigenvalue weighted by Gasteiger charge is -2.11. The first kappa shape index (κ1) is 21.6. The molecule has 3 rings (SSSR count). The molecule has 0 saturated heterocycles. The van der Waals surface area contributed by atoms with Gasteiger partial charge in [-0.1, -0.05) is 11.6 Å². The van der Waals surface area contributed by atoms with E-state index < -0.39 is 11.9 Å². The van der Waals surface area contributed by atoms with E-state index in [1.54, 1.807) is 24.3 Å². The Kier molecular flexibility index (Phi) is 6.65. The van der Waals surface area contributed by atoms with Gasteiger partial charge in [0.25, 0.3) is 11.8 Å². The summed E-state index contributed by atoms with van der Waals surface area (Å²) >= 11 is 6.18. The van der Waals surface area contributed by atoms with Gasteiger partial charge in [0.2, 0.25) is 0 Å². The molecule has 7 nitrogen and oxygen atoms in total. The van der Waals surface area contributed by atoms with E-state index in [1.165, 1.54) is 49.4 Å². The van der Waals surface area contributed by atoms with E-state index in [2.05, 4.69) is 10.6 Å². The van der Waals surface area contributed by atoms with Crippen molar-refractivity contribution in [2.45, 2.75) is 6.92 Å². The molecule has 0 heterocycles. The average Bonchev–Trinajstić information content (AvgIpc) is 2.76. The summed E-state index contributed by atoms with van der Waals surface area (Å²) in [7, 11) is 0. The Labute approximate surface area is 183 Å². The van der Waals surface area contributed by atoms with Crippen LogP contribution in [0.2, 0.25) is 5.02 Å². The van der Waals surface area contributed by atoms with Crippen LogP contribution in [0, 0.1) is 11.3 Å². The van der Waals surface area contributed by atoms with E-state index in [4.69, 9.17) is 21.6 Å². The first-order valence-electron chi connectivity index (χ1n) is 9.06. The Bertz CT molecular complexity index is 1180. The Morgan fingerprint density at radius 2 is 1.45 bits per heavy atom. The number of anilines is 2. The summed E-state index contributed by atoms with van der Waals surface area (Å²) in [6.07, 6.45) is 0. The number of carbonyl (C=O) groups is 3. The molecular formula is C23H16ClN3O4. The van der Waals surface area contributed by atoms with Crippen LogP contribution in [-0.4, -0.2) is 17.8 Å². The van der Waals surface area contributed by atoms with Gasteiger partial charge in [-0.3, -0.25) is 14.4 Å². The minimum Gasteiger partial charge on any atom is -0.427 e. The van der Waals surface area contributed by atoms with Gasteiger partial charge in [0.1, 0.15) is 5.75 Å². The molecule has 0 aliphatic heterocycles. The van der Waals surface area contributed by atoms with Gasteiger partial charge in [0, 0.05) is 23.7 Å². The second-order valence-corrected chi connectivity index (χ2v) is 6.82. The molecule has 0 bridgehead atoms. The molecule has 0 aliphatic carbocycles. The number of carbonyl (C=O) groups excluding carboxylic acids is 3. The maximum Gasteiger partial charge on any atom is 0.308 e. The highest BCUT2D eigenvalue weighted by Crippen LogP contribution is 2.26. The molecule has 8 heteroatoms. The molecular weight excluding hydrogens is 418 g/mol. The molecule has 0 atom stereocenters. The third-order valence-electron chi connectivity index (χ3n) is 4.13. The number of hydrogen-bond donors (Lipinski definition) is 2. The predicted molar refractivity (Wildman–Crippen MR) is 116 cm³/mol. The SMILES string of the molecule is CC(=O)Oc1ccc(C(=O)Nc2ccc(Cl)c(NC(=O)c3ccc(C#N)cc3)c2)cc1. The molecule has 2 amide bonds. The maximum absolute atomic E-state index is 12.5. The lowest BCUT2D eigenvalue weighted by Crippen LogP contribution is -2.14. The van der Waals surface area contributed by atoms with Crippen LogP contribution in [0.3, 0.4) is 0 Å². The van der Waals surface area contributed by atoms with E-state index in [1.807, 2.05) is 6.07 Å². The van der Waals surface area contributed by atoms with Gasteiger partial charge < -0.3 is 15.4 Å². The van der Waals surface area contributed by atoms with Crippen LogP contribution in [0.25, 0.3) is 0 Å². The zero-order valence-electron chi connectivity index (χ0n) is 16.3. The van der Waals surface area contributed by atoms with Gasteiger partial charge >= 0.3 is 5.97 Å². The van der Waals surface area contributed by atoms with Gasteiger partial charge in [0.05, 0.1) is 22.3 Å². The minimum absolute atomic E-state index is 0.297. The predicted octanol–water partition coefficient (Wildman–Crippen LogP) is 4.64. The summed E-state index contributed by atoms with van der Waals surface area (Å²) in [5.41, 5.74) is 1.90. The summed E-state index contributed by atoms with van der Waals surface area (Å²) in [4.78, 5) is 35.9. The Hall–Kier alpha value is -4.15. The smallest absolute Gasteiger partial charge is 0.308 e. The van der Waals surface area contributed by atoms with E-state index in [0.717, 1.165) is 0 Å².